The van der Waals surface area contributed by atoms with Gasteiger partial charge in [-0.2, -0.15) is 0 Å². The SMILES string of the molecule is CC(C)Oc1ccccc1CN(C)C(=O)C(C)Br. The summed E-state index contributed by atoms with van der Waals surface area (Å²) in [7, 11) is 1.80. The van der Waals surface area contributed by atoms with Crippen molar-refractivity contribution in [2.75, 3.05) is 7.05 Å². The van der Waals surface area contributed by atoms with E-state index in [4.69, 9.17) is 4.74 Å². The van der Waals surface area contributed by atoms with Crippen molar-refractivity contribution in [1.29, 1.82) is 0 Å². The van der Waals surface area contributed by atoms with Gasteiger partial charge in [0, 0.05) is 19.2 Å². The lowest BCUT2D eigenvalue weighted by Crippen LogP contribution is -2.31. The Morgan fingerprint density at radius 1 is 1.33 bits per heavy atom. The molecule has 0 saturated carbocycles. The zero-order valence-corrected chi connectivity index (χ0v) is 12.9. The first kappa shape index (κ1) is 15.0. The Morgan fingerprint density at radius 3 is 2.50 bits per heavy atom. The number of hydrogen-bond acceptors (Lipinski definition) is 2. The van der Waals surface area contributed by atoms with Crippen LogP contribution in [0.5, 0.6) is 5.75 Å². The number of carbonyl (C=O) groups excluding carboxylic acids is 1. The first-order valence-corrected chi connectivity index (χ1v) is 6.97. The van der Waals surface area contributed by atoms with Crippen LogP contribution in [-0.2, 0) is 11.3 Å². The van der Waals surface area contributed by atoms with Gasteiger partial charge in [-0.15, -0.1) is 0 Å². The fourth-order valence-electron chi connectivity index (χ4n) is 1.64. The van der Waals surface area contributed by atoms with Gasteiger partial charge in [0.15, 0.2) is 0 Å². The van der Waals surface area contributed by atoms with Crippen molar-refractivity contribution >= 4 is 21.8 Å². The van der Waals surface area contributed by atoms with Crippen LogP contribution in [0.2, 0.25) is 0 Å². The largest absolute Gasteiger partial charge is 0.491 e. The van der Waals surface area contributed by atoms with Crippen molar-refractivity contribution in [3.05, 3.63) is 29.8 Å². The molecule has 100 valence electrons. The summed E-state index contributed by atoms with van der Waals surface area (Å²) in [6.45, 7) is 6.37. The molecule has 1 amide bonds. The van der Waals surface area contributed by atoms with Gasteiger partial charge >= 0.3 is 0 Å². The maximum atomic E-state index is 11.8. The zero-order valence-electron chi connectivity index (χ0n) is 11.3. The van der Waals surface area contributed by atoms with E-state index in [0.717, 1.165) is 11.3 Å². The molecule has 4 heteroatoms. The van der Waals surface area contributed by atoms with Crippen LogP contribution < -0.4 is 4.74 Å². The summed E-state index contributed by atoms with van der Waals surface area (Å²) in [5.41, 5.74) is 1.02. The Labute approximate surface area is 117 Å². The van der Waals surface area contributed by atoms with Crippen molar-refractivity contribution in [3.63, 3.8) is 0 Å². The van der Waals surface area contributed by atoms with Gasteiger partial charge in [-0.3, -0.25) is 4.79 Å². The molecule has 0 saturated heterocycles. The molecule has 1 rings (SSSR count). The molecule has 1 atom stereocenters. The molecule has 1 unspecified atom stereocenters. The smallest absolute Gasteiger partial charge is 0.236 e. The van der Waals surface area contributed by atoms with E-state index in [2.05, 4.69) is 15.9 Å². The number of ether oxygens (including phenoxy) is 1. The fourth-order valence-corrected chi connectivity index (χ4v) is 1.99. The molecule has 0 radical (unpaired) electrons. The molecule has 0 fully saturated rings. The Balaban J connectivity index is 2.80. The number of amides is 1. The predicted molar refractivity (Wildman–Crippen MR) is 77.1 cm³/mol. The highest BCUT2D eigenvalue weighted by molar-refractivity contribution is 9.10. The molecule has 0 heterocycles. The number of hydrogen-bond donors (Lipinski definition) is 0. The highest BCUT2D eigenvalue weighted by Gasteiger charge is 2.16. The van der Waals surface area contributed by atoms with Crippen molar-refractivity contribution in [2.24, 2.45) is 0 Å². The van der Waals surface area contributed by atoms with Crippen LogP contribution in [0.25, 0.3) is 0 Å². The average molecular weight is 314 g/mol. The molecule has 0 aromatic heterocycles. The van der Waals surface area contributed by atoms with Gasteiger partial charge in [-0.05, 0) is 26.8 Å². The molecular formula is C14H20BrNO2. The van der Waals surface area contributed by atoms with Crippen LogP contribution in [0.1, 0.15) is 26.3 Å². The van der Waals surface area contributed by atoms with Crippen LogP contribution in [-0.4, -0.2) is 28.8 Å². The summed E-state index contributed by atoms with van der Waals surface area (Å²) in [6.07, 6.45) is 0.127. The second kappa shape index (κ2) is 6.78. The number of carbonyl (C=O) groups is 1. The van der Waals surface area contributed by atoms with Crippen LogP contribution >= 0.6 is 15.9 Å². The number of nitrogens with zero attached hydrogens (tertiary/aromatic N) is 1. The number of benzene rings is 1. The van der Waals surface area contributed by atoms with Gasteiger partial charge in [0.05, 0.1) is 10.9 Å². The van der Waals surface area contributed by atoms with E-state index in [-0.39, 0.29) is 16.8 Å². The minimum absolute atomic E-state index is 0.0642. The van der Waals surface area contributed by atoms with Crippen LogP contribution in [0.15, 0.2) is 24.3 Å². The average Bonchev–Trinajstić information content (AvgIpc) is 2.29. The molecule has 0 spiro atoms. The lowest BCUT2D eigenvalue weighted by atomic mass is 10.2. The third-order valence-corrected chi connectivity index (χ3v) is 2.85. The first-order valence-electron chi connectivity index (χ1n) is 6.05. The quantitative estimate of drug-likeness (QED) is 0.781. The molecule has 0 aliphatic heterocycles. The first-order chi connectivity index (χ1) is 8.41. The zero-order chi connectivity index (χ0) is 13.7. The molecule has 0 aliphatic carbocycles. The van der Waals surface area contributed by atoms with Gasteiger partial charge in [0.25, 0.3) is 0 Å². The molecule has 3 nitrogen and oxygen atoms in total. The Morgan fingerprint density at radius 2 is 1.94 bits per heavy atom. The van der Waals surface area contributed by atoms with Crippen molar-refractivity contribution < 1.29 is 9.53 Å². The number of halogens is 1. The second-order valence-corrected chi connectivity index (χ2v) is 5.96. The van der Waals surface area contributed by atoms with Crippen molar-refractivity contribution in [2.45, 2.75) is 38.2 Å². The second-order valence-electron chi connectivity index (χ2n) is 4.58. The molecule has 1 aromatic rings. The lowest BCUT2D eigenvalue weighted by Gasteiger charge is -2.21. The maximum Gasteiger partial charge on any atom is 0.236 e. The van der Waals surface area contributed by atoms with Crippen molar-refractivity contribution in [3.8, 4) is 5.75 Å². The van der Waals surface area contributed by atoms with Gasteiger partial charge in [0.2, 0.25) is 5.91 Å². The highest BCUT2D eigenvalue weighted by Crippen LogP contribution is 2.21. The Hall–Kier alpha value is -1.03. The molecule has 1 aromatic carbocycles. The van der Waals surface area contributed by atoms with Gasteiger partial charge in [-0.1, -0.05) is 34.1 Å². The topological polar surface area (TPSA) is 29.5 Å². The predicted octanol–water partition coefficient (Wildman–Crippen LogP) is 3.22. The minimum atomic E-state index is -0.166. The monoisotopic (exact) mass is 313 g/mol. The standard InChI is InChI=1S/C14H20BrNO2/c1-10(2)18-13-8-6-5-7-12(13)9-16(4)14(17)11(3)15/h5-8,10-11H,9H2,1-4H3. The van der Waals surface area contributed by atoms with E-state index in [1.165, 1.54) is 0 Å². The van der Waals surface area contributed by atoms with E-state index in [0.29, 0.717) is 6.54 Å². The van der Waals surface area contributed by atoms with Gasteiger partial charge in [-0.25, -0.2) is 0 Å². The maximum absolute atomic E-state index is 11.8. The highest BCUT2D eigenvalue weighted by atomic mass is 79.9. The fraction of sp³-hybridized carbons (Fsp3) is 0.500. The van der Waals surface area contributed by atoms with E-state index < -0.39 is 0 Å². The molecule has 0 aliphatic rings. The third kappa shape index (κ3) is 4.33. The lowest BCUT2D eigenvalue weighted by molar-refractivity contribution is -0.129. The van der Waals surface area contributed by atoms with Gasteiger partial charge < -0.3 is 9.64 Å². The molecule has 0 bridgehead atoms. The summed E-state index contributed by atoms with van der Waals surface area (Å²) in [4.78, 5) is 13.3. The molecular weight excluding hydrogens is 294 g/mol. The van der Waals surface area contributed by atoms with Crippen molar-refractivity contribution in [1.82, 2.24) is 4.90 Å². The third-order valence-electron chi connectivity index (χ3n) is 2.46. The van der Waals surface area contributed by atoms with Crippen LogP contribution in [0.3, 0.4) is 0 Å². The minimum Gasteiger partial charge on any atom is -0.491 e. The summed E-state index contributed by atoms with van der Waals surface area (Å²) < 4.78 is 5.74. The molecule has 18 heavy (non-hydrogen) atoms. The van der Waals surface area contributed by atoms with Crippen LogP contribution in [0, 0.1) is 0 Å². The van der Waals surface area contributed by atoms with Crippen LogP contribution in [0.4, 0.5) is 0 Å². The normalized spacial score (nSPS) is 12.3. The van der Waals surface area contributed by atoms with Gasteiger partial charge in [0.1, 0.15) is 5.75 Å². The number of para-hydroxylation sites is 1. The number of rotatable bonds is 5. The molecule has 0 N–H and O–H groups in total. The summed E-state index contributed by atoms with van der Waals surface area (Å²) in [5.74, 6) is 0.906. The van der Waals surface area contributed by atoms with E-state index in [9.17, 15) is 4.79 Å². The van der Waals surface area contributed by atoms with E-state index >= 15 is 0 Å². The Kier molecular flexibility index (Phi) is 5.66. The number of alkyl halides is 1. The van der Waals surface area contributed by atoms with E-state index in [1.54, 1.807) is 11.9 Å². The van der Waals surface area contributed by atoms with E-state index in [1.807, 2.05) is 45.0 Å². The summed E-state index contributed by atoms with van der Waals surface area (Å²) in [5, 5.41) is 0. The Bertz CT molecular complexity index is 405. The summed E-state index contributed by atoms with van der Waals surface area (Å²) >= 11 is 3.29. The summed E-state index contributed by atoms with van der Waals surface area (Å²) in [6, 6.07) is 7.82.